The maximum atomic E-state index is 12.7. The van der Waals surface area contributed by atoms with E-state index in [-0.39, 0.29) is 34.2 Å². The van der Waals surface area contributed by atoms with Crippen LogP contribution in [0.3, 0.4) is 0 Å². The largest absolute Gasteiger partial charge is 0.310 e. The van der Waals surface area contributed by atoms with Crippen LogP contribution in [0.4, 0.5) is 11.5 Å². The van der Waals surface area contributed by atoms with Gasteiger partial charge in [-0.25, -0.2) is 0 Å². The number of nitro benzene ring substituents is 1. The number of fused-ring (bicyclic) bond motifs is 1. The first kappa shape index (κ1) is 18.2. The van der Waals surface area contributed by atoms with Crippen molar-refractivity contribution in [2.75, 3.05) is 11.1 Å². The van der Waals surface area contributed by atoms with Gasteiger partial charge in [0, 0.05) is 18.2 Å². The van der Waals surface area contributed by atoms with Crippen molar-refractivity contribution in [2.24, 2.45) is 0 Å². The van der Waals surface area contributed by atoms with Crippen LogP contribution in [0.5, 0.6) is 0 Å². The van der Waals surface area contributed by atoms with Gasteiger partial charge >= 0.3 is 0 Å². The maximum absolute atomic E-state index is 12.7. The van der Waals surface area contributed by atoms with E-state index in [9.17, 15) is 19.7 Å². The van der Waals surface area contributed by atoms with Crippen molar-refractivity contribution in [1.82, 2.24) is 9.78 Å². The van der Waals surface area contributed by atoms with Gasteiger partial charge in [0.05, 0.1) is 21.5 Å². The van der Waals surface area contributed by atoms with Gasteiger partial charge in [-0.1, -0.05) is 25.5 Å². The van der Waals surface area contributed by atoms with Gasteiger partial charge in [-0.3, -0.25) is 29.5 Å². The highest BCUT2D eigenvalue weighted by Crippen LogP contribution is 2.40. The molecule has 2 aromatic rings. The standard InChI is InChI=1S/C17H20N4O4S/c1-3-4-10(2)20-16-14(17(23)19-20)15(26-9-13(22)18-16)11-5-7-12(8-6-11)21(24)25/h5-8,10,15H,3-4,9H2,1-2H3,(H,18,22)(H,19,23)/t10-,15-/m1/s1. The van der Waals surface area contributed by atoms with E-state index in [0.29, 0.717) is 11.4 Å². The van der Waals surface area contributed by atoms with E-state index in [1.165, 1.54) is 23.9 Å². The van der Waals surface area contributed by atoms with E-state index in [1.807, 2.05) is 6.92 Å². The smallest absolute Gasteiger partial charge is 0.270 e. The minimum Gasteiger partial charge on any atom is -0.310 e. The predicted molar refractivity (Wildman–Crippen MR) is 101 cm³/mol. The lowest BCUT2D eigenvalue weighted by atomic mass is 10.1. The zero-order chi connectivity index (χ0) is 18.8. The van der Waals surface area contributed by atoms with Crippen molar-refractivity contribution < 1.29 is 9.72 Å². The van der Waals surface area contributed by atoms with Crippen LogP contribution < -0.4 is 10.9 Å². The Kier molecular flexibility index (Phi) is 5.17. The predicted octanol–water partition coefficient (Wildman–Crippen LogP) is 3.22. The molecular weight excluding hydrogens is 356 g/mol. The second kappa shape index (κ2) is 7.36. The van der Waals surface area contributed by atoms with Gasteiger partial charge in [0.25, 0.3) is 11.2 Å². The Morgan fingerprint density at radius 2 is 2.04 bits per heavy atom. The van der Waals surface area contributed by atoms with Crippen molar-refractivity contribution in [2.45, 2.75) is 38.0 Å². The van der Waals surface area contributed by atoms with Gasteiger partial charge in [0.2, 0.25) is 5.91 Å². The fourth-order valence-electron chi connectivity index (χ4n) is 3.16. The van der Waals surface area contributed by atoms with Crippen molar-refractivity contribution in [3.05, 3.63) is 55.9 Å². The second-order valence-electron chi connectivity index (χ2n) is 6.30. The molecule has 2 heterocycles. The zero-order valence-corrected chi connectivity index (χ0v) is 15.3. The van der Waals surface area contributed by atoms with Gasteiger partial charge < -0.3 is 5.32 Å². The molecule has 26 heavy (non-hydrogen) atoms. The number of nitrogens with one attached hydrogen (secondary N) is 2. The number of nitro groups is 1. The van der Waals surface area contributed by atoms with Crippen LogP contribution >= 0.6 is 11.8 Å². The van der Waals surface area contributed by atoms with E-state index in [4.69, 9.17) is 0 Å². The van der Waals surface area contributed by atoms with Crippen LogP contribution in [0.15, 0.2) is 29.1 Å². The minimum atomic E-state index is -0.462. The normalized spacial score (nSPS) is 17.9. The number of benzene rings is 1. The van der Waals surface area contributed by atoms with E-state index >= 15 is 0 Å². The summed E-state index contributed by atoms with van der Waals surface area (Å²) in [4.78, 5) is 35.2. The SMILES string of the molecule is CCC[C@@H](C)n1[nH]c(=O)c2c1NC(=O)CS[C@@H]2c1ccc([N+](=O)[O-])cc1. The molecule has 0 unspecified atom stereocenters. The number of non-ortho nitro benzene ring substituents is 1. The number of hydrogen-bond acceptors (Lipinski definition) is 5. The molecule has 0 fully saturated rings. The number of anilines is 1. The Bertz CT molecular complexity index is 887. The number of amides is 1. The van der Waals surface area contributed by atoms with Gasteiger partial charge in [-0.05, 0) is 18.9 Å². The lowest BCUT2D eigenvalue weighted by Gasteiger charge is -2.17. The van der Waals surface area contributed by atoms with Crippen molar-refractivity contribution in [1.29, 1.82) is 0 Å². The number of nitrogens with zero attached hydrogens (tertiary/aromatic N) is 2. The molecule has 138 valence electrons. The zero-order valence-electron chi connectivity index (χ0n) is 14.5. The minimum absolute atomic E-state index is 0.00940. The molecule has 2 N–H and O–H groups in total. The molecule has 1 amide bonds. The fraction of sp³-hybridized carbons (Fsp3) is 0.412. The number of aromatic nitrogens is 2. The van der Waals surface area contributed by atoms with Gasteiger partial charge in [-0.15, -0.1) is 11.8 Å². The molecule has 0 bridgehead atoms. The van der Waals surface area contributed by atoms with E-state index < -0.39 is 4.92 Å². The lowest BCUT2D eigenvalue weighted by molar-refractivity contribution is -0.384. The Labute approximate surface area is 154 Å². The Morgan fingerprint density at radius 1 is 1.35 bits per heavy atom. The average Bonchev–Trinajstić information content (AvgIpc) is 2.82. The van der Waals surface area contributed by atoms with Crippen LogP contribution in [0.25, 0.3) is 0 Å². The molecule has 0 saturated carbocycles. The molecule has 8 nitrogen and oxygen atoms in total. The number of carbonyl (C=O) groups excluding carboxylic acids is 1. The van der Waals surface area contributed by atoms with Crippen molar-refractivity contribution in [3.63, 3.8) is 0 Å². The monoisotopic (exact) mass is 376 g/mol. The number of rotatable bonds is 5. The number of aromatic amines is 1. The fourth-order valence-corrected chi connectivity index (χ4v) is 4.28. The van der Waals surface area contributed by atoms with Crippen LogP contribution in [-0.2, 0) is 4.79 Å². The molecule has 1 aromatic heterocycles. The summed E-state index contributed by atoms with van der Waals surface area (Å²) in [6, 6.07) is 6.15. The first-order chi connectivity index (χ1) is 12.4. The third-order valence-corrected chi connectivity index (χ3v) is 5.69. The lowest BCUT2D eigenvalue weighted by Crippen LogP contribution is -2.18. The molecule has 0 saturated heterocycles. The maximum Gasteiger partial charge on any atom is 0.270 e. The molecule has 0 radical (unpaired) electrons. The van der Waals surface area contributed by atoms with Gasteiger partial charge in [0.15, 0.2) is 0 Å². The summed E-state index contributed by atoms with van der Waals surface area (Å²) in [5, 5.41) is 16.2. The molecular formula is C17H20N4O4S. The number of hydrogen-bond donors (Lipinski definition) is 2. The quantitative estimate of drug-likeness (QED) is 0.615. The summed E-state index contributed by atoms with van der Waals surface area (Å²) in [6.07, 6.45) is 1.81. The number of carbonyl (C=O) groups is 1. The second-order valence-corrected chi connectivity index (χ2v) is 7.39. The molecule has 1 aliphatic rings. The van der Waals surface area contributed by atoms with Crippen LogP contribution in [0, 0.1) is 10.1 Å². The first-order valence-corrected chi connectivity index (χ1v) is 9.47. The number of H-pyrrole nitrogens is 1. The van der Waals surface area contributed by atoms with E-state index in [2.05, 4.69) is 17.3 Å². The van der Waals surface area contributed by atoms with Crippen LogP contribution in [0.2, 0.25) is 0 Å². The summed E-state index contributed by atoms with van der Waals surface area (Å²) < 4.78 is 1.73. The van der Waals surface area contributed by atoms with Crippen LogP contribution in [-0.4, -0.2) is 26.4 Å². The van der Waals surface area contributed by atoms with Crippen LogP contribution in [0.1, 0.15) is 49.1 Å². The average molecular weight is 376 g/mol. The Hall–Kier alpha value is -2.55. The molecule has 2 atom stereocenters. The van der Waals surface area contributed by atoms with E-state index in [0.717, 1.165) is 18.4 Å². The molecule has 0 aliphatic carbocycles. The molecule has 1 aromatic carbocycles. The highest BCUT2D eigenvalue weighted by atomic mass is 32.2. The topological polar surface area (TPSA) is 110 Å². The number of thioether (sulfide) groups is 1. The molecule has 9 heteroatoms. The summed E-state index contributed by atoms with van der Waals surface area (Å²) in [7, 11) is 0. The summed E-state index contributed by atoms with van der Waals surface area (Å²) in [6.45, 7) is 4.05. The molecule has 0 spiro atoms. The summed E-state index contributed by atoms with van der Waals surface area (Å²) >= 11 is 1.34. The van der Waals surface area contributed by atoms with Crippen molar-refractivity contribution in [3.8, 4) is 0 Å². The molecule has 1 aliphatic heterocycles. The van der Waals surface area contributed by atoms with Crippen molar-refractivity contribution >= 4 is 29.2 Å². The molecule has 3 rings (SSSR count). The third kappa shape index (κ3) is 3.39. The Balaban J connectivity index is 2.08. The van der Waals surface area contributed by atoms with Gasteiger partial charge in [0.1, 0.15) is 5.82 Å². The van der Waals surface area contributed by atoms with Gasteiger partial charge in [-0.2, -0.15) is 0 Å². The summed E-state index contributed by atoms with van der Waals surface area (Å²) in [5.74, 6) is 0.532. The van der Waals surface area contributed by atoms with E-state index in [1.54, 1.807) is 16.8 Å². The highest BCUT2D eigenvalue weighted by Gasteiger charge is 2.31. The Morgan fingerprint density at radius 3 is 2.65 bits per heavy atom. The summed E-state index contributed by atoms with van der Waals surface area (Å²) in [5.41, 5.74) is 0.980. The third-order valence-electron chi connectivity index (χ3n) is 4.42. The highest BCUT2D eigenvalue weighted by molar-refractivity contribution is 8.00. The first-order valence-electron chi connectivity index (χ1n) is 8.42.